The fourth-order valence-corrected chi connectivity index (χ4v) is 3.15. The molecule has 0 saturated heterocycles. The Morgan fingerprint density at radius 1 is 1.00 bits per heavy atom. The lowest BCUT2D eigenvalue weighted by Gasteiger charge is -2.38. The molecule has 0 aromatic rings. The first-order valence-electron chi connectivity index (χ1n) is 6.64. The van der Waals surface area contributed by atoms with Gasteiger partial charge in [-0.25, -0.2) is 0 Å². The second kappa shape index (κ2) is 5.05. The molecule has 0 bridgehead atoms. The molecule has 1 rings (SSSR count). The normalized spacial score (nSPS) is 28.1. The molecule has 1 aliphatic carbocycles. The van der Waals surface area contributed by atoms with Gasteiger partial charge in [-0.2, -0.15) is 0 Å². The van der Waals surface area contributed by atoms with Crippen LogP contribution in [0, 0.1) is 5.41 Å². The fourth-order valence-electron chi connectivity index (χ4n) is 3.15. The lowest BCUT2D eigenvalue weighted by atomic mass is 9.80. The maximum atomic E-state index is 9.48. The summed E-state index contributed by atoms with van der Waals surface area (Å²) in [4.78, 5) is 0. The Morgan fingerprint density at radius 3 is 1.94 bits per heavy atom. The van der Waals surface area contributed by atoms with Crippen molar-refractivity contribution in [2.75, 3.05) is 0 Å². The van der Waals surface area contributed by atoms with Gasteiger partial charge >= 0.3 is 0 Å². The molecule has 0 aromatic heterocycles. The smallest absolute Gasteiger partial charge is 0.0541 e. The van der Waals surface area contributed by atoms with Crippen molar-refractivity contribution in [1.82, 2.24) is 5.32 Å². The minimum atomic E-state index is -0.0521. The second-order valence-electron chi connectivity index (χ2n) is 7.27. The molecule has 0 aliphatic heterocycles. The lowest BCUT2D eigenvalue weighted by Crippen LogP contribution is -2.49. The SMILES string of the molecule is CC(C)(C)CC(C)(C)NC1CCC(O)CC1. The van der Waals surface area contributed by atoms with E-state index < -0.39 is 0 Å². The number of aliphatic hydroxyl groups excluding tert-OH is 1. The molecule has 16 heavy (non-hydrogen) atoms. The van der Waals surface area contributed by atoms with Crippen molar-refractivity contribution in [3.8, 4) is 0 Å². The van der Waals surface area contributed by atoms with E-state index in [-0.39, 0.29) is 11.6 Å². The third-order valence-electron chi connectivity index (χ3n) is 3.26. The van der Waals surface area contributed by atoms with E-state index in [1.165, 1.54) is 6.42 Å². The largest absolute Gasteiger partial charge is 0.393 e. The first-order valence-corrected chi connectivity index (χ1v) is 6.64. The van der Waals surface area contributed by atoms with E-state index in [1.54, 1.807) is 0 Å². The molecule has 96 valence electrons. The van der Waals surface area contributed by atoms with Crippen LogP contribution < -0.4 is 5.32 Å². The highest BCUT2D eigenvalue weighted by Gasteiger charge is 2.29. The van der Waals surface area contributed by atoms with Crippen molar-refractivity contribution in [2.24, 2.45) is 5.41 Å². The number of rotatable bonds is 3. The van der Waals surface area contributed by atoms with Crippen LogP contribution in [-0.2, 0) is 0 Å². The van der Waals surface area contributed by atoms with Gasteiger partial charge in [-0.3, -0.25) is 0 Å². The van der Waals surface area contributed by atoms with Gasteiger partial charge in [0.15, 0.2) is 0 Å². The van der Waals surface area contributed by atoms with Gasteiger partial charge in [0.25, 0.3) is 0 Å². The molecule has 2 N–H and O–H groups in total. The number of aliphatic hydroxyl groups is 1. The van der Waals surface area contributed by atoms with Gasteiger partial charge in [0.2, 0.25) is 0 Å². The van der Waals surface area contributed by atoms with Crippen molar-refractivity contribution in [1.29, 1.82) is 0 Å². The van der Waals surface area contributed by atoms with E-state index in [1.807, 2.05) is 0 Å². The highest BCUT2D eigenvalue weighted by Crippen LogP contribution is 2.29. The quantitative estimate of drug-likeness (QED) is 0.776. The number of hydrogen-bond donors (Lipinski definition) is 2. The minimum Gasteiger partial charge on any atom is -0.393 e. The van der Waals surface area contributed by atoms with Crippen LogP contribution in [0.25, 0.3) is 0 Å². The van der Waals surface area contributed by atoms with Crippen molar-refractivity contribution >= 4 is 0 Å². The maximum Gasteiger partial charge on any atom is 0.0541 e. The summed E-state index contributed by atoms with van der Waals surface area (Å²) in [5.74, 6) is 0. The average Bonchev–Trinajstić information content (AvgIpc) is 2.04. The van der Waals surface area contributed by atoms with E-state index in [4.69, 9.17) is 0 Å². The van der Waals surface area contributed by atoms with Gasteiger partial charge in [0, 0.05) is 11.6 Å². The Bertz CT molecular complexity index is 209. The zero-order chi connectivity index (χ0) is 12.4. The predicted octanol–water partition coefficient (Wildman–Crippen LogP) is 3.09. The maximum absolute atomic E-state index is 9.48. The highest BCUT2D eigenvalue weighted by molar-refractivity contribution is 4.88. The van der Waals surface area contributed by atoms with Gasteiger partial charge in [-0.05, 0) is 51.4 Å². The van der Waals surface area contributed by atoms with Gasteiger partial charge in [-0.1, -0.05) is 20.8 Å². The summed E-state index contributed by atoms with van der Waals surface area (Å²) in [6.45, 7) is 11.5. The zero-order valence-corrected chi connectivity index (χ0v) is 11.6. The summed E-state index contributed by atoms with van der Waals surface area (Å²) in [6, 6.07) is 0.598. The Morgan fingerprint density at radius 2 is 1.50 bits per heavy atom. The lowest BCUT2D eigenvalue weighted by molar-refractivity contribution is 0.104. The Labute approximate surface area is 101 Å². The molecular weight excluding hydrogens is 198 g/mol. The van der Waals surface area contributed by atoms with Crippen LogP contribution in [0.2, 0.25) is 0 Å². The van der Waals surface area contributed by atoms with Crippen molar-refractivity contribution < 1.29 is 5.11 Å². The Balaban J connectivity index is 2.40. The van der Waals surface area contributed by atoms with Crippen LogP contribution in [0.15, 0.2) is 0 Å². The first kappa shape index (κ1) is 14.0. The predicted molar refractivity (Wildman–Crippen MR) is 69.5 cm³/mol. The Hall–Kier alpha value is -0.0800. The highest BCUT2D eigenvalue weighted by atomic mass is 16.3. The standard InChI is InChI=1S/C14H29NO/c1-13(2,3)10-14(4,5)15-11-6-8-12(16)9-7-11/h11-12,15-16H,6-10H2,1-5H3. The van der Waals surface area contributed by atoms with Crippen LogP contribution in [0.4, 0.5) is 0 Å². The van der Waals surface area contributed by atoms with E-state index >= 15 is 0 Å². The van der Waals surface area contributed by atoms with Crippen molar-refractivity contribution in [3.05, 3.63) is 0 Å². The van der Waals surface area contributed by atoms with Gasteiger partial charge in [-0.15, -0.1) is 0 Å². The third-order valence-corrected chi connectivity index (χ3v) is 3.26. The first-order chi connectivity index (χ1) is 7.18. The molecule has 0 unspecified atom stereocenters. The van der Waals surface area contributed by atoms with E-state index in [2.05, 4.69) is 39.9 Å². The van der Waals surface area contributed by atoms with Crippen LogP contribution in [0.1, 0.15) is 66.7 Å². The molecule has 0 atom stereocenters. The van der Waals surface area contributed by atoms with Gasteiger partial charge < -0.3 is 10.4 Å². The molecule has 1 fully saturated rings. The van der Waals surface area contributed by atoms with E-state index in [9.17, 15) is 5.11 Å². The van der Waals surface area contributed by atoms with Gasteiger partial charge in [0.1, 0.15) is 0 Å². The molecular formula is C14H29NO. The molecule has 2 nitrogen and oxygen atoms in total. The fraction of sp³-hybridized carbons (Fsp3) is 1.00. The summed E-state index contributed by atoms with van der Waals surface area (Å²) in [5.41, 5.74) is 0.565. The van der Waals surface area contributed by atoms with Crippen LogP contribution >= 0.6 is 0 Å². The monoisotopic (exact) mass is 227 g/mol. The minimum absolute atomic E-state index is 0.0521. The number of nitrogens with one attached hydrogen (secondary N) is 1. The summed E-state index contributed by atoms with van der Waals surface area (Å²) in [7, 11) is 0. The molecule has 0 aromatic carbocycles. The molecule has 0 spiro atoms. The molecule has 0 amide bonds. The third kappa shape index (κ3) is 5.31. The summed E-state index contributed by atoms with van der Waals surface area (Å²) in [5, 5.41) is 13.2. The Kier molecular flexibility index (Phi) is 4.42. The average molecular weight is 227 g/mol. The second-order valence-corrected chi connectivity index (χ2v) is 7.27. The summed E-state index contributed by atoms with van der Waals surface area (Å²) < 4.78 is 0. The van der Waals surface area contributed by atoms with Crippen LogP contribution in [-0.4, -0.2) is 22.8 Å². The van der Waals surface area contributed by atoms with E-state index in [0.29, 0.717) is 11.5 Å². The van der Waals surface area contributed by atoms with Crippen molar-refractivity contribution in [3.63, 3.8) is 0 Å². The zero-order valence-electron chi connectivity index (χ0n) is 11.6. The molecule has 0 radical (unpaired) electrons. The molecule has 1 saturated carbocycles. The van der Waals surface area contributed by atoms with Crippen LogP contribution in [0.5, 0.6) is 0 Å². The summed E-state index contributed by atoms with van der Waals surface area (Å²) >= 11 is 0. The van der Waals surface area contributed by atoms with Crippen LogP contribution in [0.3, 0.4) is 0 Å². The summed E-state index contributed by atoms with van der Waals surface area (Å²) in [6.07, 6.45) is 5.29. The molecule has 0 heterocycles. The van der Waals surface area contributed by atoms with E-state index in [0.717, 1.165) is 25.7 Å². The topological polar surface area (TPSA) is 32.3 Å². The molecule has 2 heteroatoms. The van der Waals surface area contributed by atoms with Crippen molar-refractivity contribution in [2.45, 2.75) is 84.4 Å². The number of hydrogen-bond acceptors (Lipinski definition) is 2. The van der Waals surface area contributed by atoms with Gasteiger partial charge in [0.05, 0.1) is 6.10 Å². The molecule has 1 aliphatic rings.